The van der Waals surface area contributed by atoms with Crippen molar-refractivity contribution in [1.29, 1.82) is 0 Å². The van der Waals surface area contributed by atoms with Crippen LogP contribution in [0.4, 0.5) is 0 Å². The summed E-state index contributed by atoms with van der Waals surface area (Å²) in [6, 6.07) is 29.7. The van der Waals surface area contributed by atoms with Crippen LogP contribution < -0.4 is 10.9 Å². The van der Waals surface area contributed by atoms with Crippen molar-refractivity contribution in [2.45, 2.75) is 19.5 Å². The van der Waals surface area contributed by atoms with E-state index in [1.165, 1.54) is 4.68 Å². The zero-order chi connectivity index (χ0) is 25.8. The second-order valence-corrected chi connectivity index (χ2v) is 8.78. The molecular formula is C30H25N3O4. The molecule has 0 saturated carbocycles. The summed E-state index contributed by atoms with van der Waals surface area (Å²) in [7, 11) is 0. The summed E-state index contributed by atoms with van der Waals surface area (Å²) in [6.07, 6.45) is 0. The molecule has 0 spiro atoms. The summed E-state index contributed by atoms with van der Waals surface area (Å²) < 4.78 is 6.59. The highest BCUT2D eigenvalue weighted by Gasteiger charge is 2.20. The van der Waals surface area contributed by atoms with Gasteiger partial charge in [0.25, 0.3) is 11.5 Å². The fourth-order valence-electron chi connectivity index (χ4n) is 4.44. The molecule has 1 atom stereocenters. The lowest BCUT2D eigenvalue weighted by atomic mass is 10.00. The molecule has 0 bridgehead atoms. The molecule has 37 heavy (non-hydrogen) atoms. The van der Waals surface area contributed by atoms with E-state index in [0.717, 1.165) is 21.9 Å². The van der Waals surface area contributed by atoms with Crippen LogP contribution in [0.1, 0.15) is 34.6 Å². The van der Waals surface area contributed by atoms with Gasteiger partial charge in [0.05, 0.1) is 18.0 Å². The third kappa shape index (κ3) is 5.11. The van der Waals surface area contributed by atoms with Crippen molar-refractivity contribution in [1.82, 2.24) is 15.1 Å². The number of hydrogen-bond donors (Lipinski definition) is 1. The number of benzene rings is 4. The lowest BCUT2D eigenvalue weighted by Crippen LogP contribution is -2.32. The van der Waals surface area contributed by atoms with Gasteiger partial charge in [0.1, 0.15) is 0 Å². The smallest absolute Gasteiger partial charge is 0.359 e. The number of esters is 1. The summed E-state index contributed by atoms with van der Waals surface area (Å²) in [5.74, 6) is -1.21. The van der Waals surface area contributed by atoms with Crippen LogP contribution >= 0.6 is 0 Å². The highest BCUT2D eigenvalue weighted by molar-refractivity contribution is 6.02. The van der Waals surface area contributed by atoms with E-state index in [1.807, 2.05) is 79.7 Å². The molecule has 0 aliphatic carbocycles. The topological polar surface area (TPSA) is 90.3 Å². The monoisotopic (exact) mass is 491 g/mol. The van der Waals surface area contributed by atoms with Crippen LogP contribution in [0.25, 0.3) is 21.5 Å². The van der Waals surface area contributed by atoms with Gasteiger partial charge in [-0.05, 0) is 34.9 Å². The lowest BCUT2D eigenvalue weighted by Gasteiger charge is -2.17. The van der Waals surface area contributed by atoms with Gasteiger partial charge in [-0.2, -0.15) is 5.10 Å². The van der Waals surface area contributed by atoms with E-state index in [0.29, 0.717) is 10.8 Å². The van der Waals surface area contributed by atoms with E-state index in [-0.39, 0.29) is 23.8 Å². The third-order valence-electron chi connectivity index (χ3n) is 6.24. The van der Waals surface area contributed by atoms with Gasteiger partial charge in [0, 0.05) is 5.39 Å². The molecule has 1 N–H and O–H groups in total. The molecular weight excluding hydrogens is 466 g/mol. The molecule has 5 aromatic rings. The molecule has 7 nitrogen and oxygen atoms in total. The Morgan fingerprint density at radius 3 is 2.27 bits per heavy atom. The molecule has 0 aliphatic heterocycles. The SMILES string of the molecule is CC(NC(=O)COC(=O)c1nn(Cc2ccccc2)c(=O)c2ccccc12)c1cccc2ccccc12. The zero-order valence-corrected chi connectivity index (χ0v) is 20.3. The van der Waals surface area contributed by atoms with Crippen molar-refractivity contribution in [3.63, 3.8) is 0 Å². The van der Waals surface area contributed by atoms with Crippen molar-refractivity contribution in [3.05, 3.63) is 124 Å². The molecule has 1 unspecified atom stereocenters. The Balaban J connectivity index is 1.33. The first-order valence-electron chi connectivity index (χ1n) is 12.0. The van der Waals surface area contributed by atoms with Crippen molar-refractivity contribution in [2.24, 2.45) is 0 Å². The first kappa shape index (κ1) is 23.9. The number of nitrogens with one attached hydrogen (secondary N) is 1. The molecule has 0 aliphatic rings. The van der Waals surface area contributed by atoms with Gasteiger partial charge in [-0.15, -0.1) is 0 Å². The molecule has 5 rings (SSSR count). The van der Waals surface area contributed by atoms with Crippen LogP contribution in [-0.4, -0.2) is 28.3 Å². The zero-order valence-electron chi connectivity index (χ0n) is 20.3. The Morgan fingerprint density at radius 1 is 0.838 bits per heavy atom. The minimum atomic E-state index is -0.772. The highest BCUT2D eigenvalue weighted by Crippen LogP contribution is 2.24. The predicted octanol–water partition coefficient (Wildman–Crippen LogP) is 4.63. The van der Waals surface area contributed by atoms with Gasteiger partial charge >= 0.3 is 5.97 Å². The third-order valence-corrected chi connectivity index (χ3v) is 6.24. The van der Waals surface area contributed by atoms with Gasteiger partial charge in [0.15, 0.2) is 12.3 Å². The van der Waals surface area contributed by atoms with Crippen LogP contribution in [0.2, 0.25) is 0 Å². The van der Waals surface area contributed by atoms with Crippen LogP contribution in [-0.2, 0) is 16.1 Å². The molecule has 1 aromatic heterocycles. The summed E-state index contributed by atoms with van der Waals surface area (Å²) >= 11 is 0. The Morgan fingerprint density at radius 2 is 1.49 bits per heavy atom. The van der Waals surface area contributed by atoms with Crippen LogP contribution in [0.5, 0.6) is 0 Å². The maximum atomic E-state index is 13.0. The molecule has 1 amide bonds. The number of hydrogen-bond acceptors (Lipinski definition) is 5. The minimum absolute atomic E-state index is 0.0129. The molecule has 0 saturated heterocycles. The molecule has 184 valence electrons. The van der Waals surface area contributed by atoms with Crippen LogP contribution in [0.3, 0.4) is 0 Å². The average molecular weight is 492 g/mol. The predicted molar refractivity (Wildman–Crippen MR) is 142 cm³/mol. The summed E-state index contributed by atoms with van der Waals surface area (Å²) in [6.45, 7) is 1.62. The number of carbonyl (C=O) groups is 2. The van der Waals surface area contributed by atoms with E-state index < -0.39 is 18.5 Å². The van der Waals surface area contributed by atoms with Gasteiger partial charge < -0.3 is 10.1 Å². The van der Waals surface area contributed by atoms with Crippen molar-refractivity contribution in [2.75, 3.05) is 6.61 Å². The number of nitrogens with zero attached hydrogens (tertiary/aromatic N) is 2. The highest BCUT2D eigenvalue weighted by atomic mass is 16.5. The standard InChI is InChI=1S/C30H25N3O4/c1-20(23-17-9-13-22-12-5-6-14-24(22)23)31-27(34)19-37-30(36)28-25-15-7-8-16-26(25)29(35)33(32-28)18-21-10-3-2-4-11-21/h2-17,20H,18-19H2,1H3,(H,31,34). The molecule has 0 radical (unpaired) electrons. The summed E-state index contributed by atoms with van der Waals surface area (Å²) in [4.78, 5) is 38.7. The number of fused-ring (bicyclic) bond motifs is 2. The van der Waals surface area contributed by atoms with E-state index in [9.17, 15) is 14.4 Å². The Hall–Kier alpha value is -4.78. The average Bonchev–Trinajstić information content (AvgIpc) is 2.93. The number of aromatic nitrogens is 2. The Kier molecular flexibility index (Phi) is 6.76. The Bertz CT molecular complexity index is 1660. The van der Waals surface area contributed by atoms with E-state index in [2.05, 4.69) is 10.4 Å². The fraction of sp³-hybridized carbons (Fsp3) is 0.133. The van der Waals surface area contributed by atoms with Crippen molar-refractivity contribution < 1.29 is 14.3 Å². The van der Waals surface area contributed by atoms with E-state index in [1.54, 1.807) is 24.3 Å². The number of rotatable bonds is 7. The normalized spacial score (nSPS) is 11.8. The maximum absolute atomic E-state index is 13.0. The summed E-state index contributed by atoms with van der Waals surface area (Å²) in [5, 5.41) is 10.1. The molecule has 4 aromatic carbocycles. The number of carbonyl (C=O) groups excluding carboxylic acids is 2. The van der Waals surface area contributed by atoms with E-state index >= 15 is 0 Å². The second kappa shape index (κ2) is 10.5. The fourth-order valence-corrected chi connectivity index (χ4v) is 4.44. The van der Waals surface area contributed by atoms with Gasteiger partial charge in [0.2, 0.25) is 0 Å². The van der Waals surface area contributed by atoms with Gasteiger partial charge in [-0.1, -0.05) is 91.0 Å². The summed E-state index contributed by atoms with van der Waals surface area (Å²) in [5.41, 5.74) is 1.52. The quantitative estimate of drug-likeness (QED) is 0.335. The van der Waals surface area contributed by atoms with E-state index in [4.69, 9.17) is 4.74 Å². The van der Waals surface area contributed by atoms with Crippen LogP contribution in [0, 0.1) is 0 Å². The molecule has 1 heterocycles. The number of ether oxygens (including phenoxy) is 1. The number of amides is 1. The first-order chi connectivity index (χ1) is 18.0. The van der Waals surface area contributed by atoms with Crippen LogP contribution in [0.15, 0.2) is 102 Å². The Labute approximate surface area is 213 Å². The molecule has 0 fully saturated rings. The van der Waals surface area contributed by atoms with Crippen molar-refractivity contribution in [3.8, 4) is 0 Å². The lowest BCUT2D eigenvalue weighted by molar-refractivity contribution is -0.124. The maximum Gasteiger partial charge on any atom is 0.359 e. The largest absolute Gasteiger partial charge is 0.451 e. The second-order valence-electron chi connectivity index (χ2n) is 8.78. The van der Waals surface area contributed by atoms with Gasteiger partial charge in [-0.25, -0.2) is 9.48 Å². The van der Waals surface area contributed by atoms with Gasteiger partial charge in [-0.3, -0.25) is 9.59 Å². The minimum Gasteiger partial charge on any atom is -0.451 e. The first-order valence-corrected chi connectivity index (χ1v) is 12.0. The van der Waals surface area contributed by atoms with Crippen molar-refractivity contribution >= 4 is 33.4 Å². The molecule has 7 heteroatoms.